The van der Waals surface area contributed by atoms with Crippen molar-refractivity contribution in [1.82, 2.24) is 10.2 Å². The second-order valence-corrected chi connectivity index (χ2v) is 4.71. The fraction of sp³-hybridized carbons (Fsp3) is 1.00. The van der Waals surface area contributed by atoms with Gasteiger partial charge in [0.25, 0.3) is 0 Å². The molecule has 1 N–H and O–H groups in total. The summed E-state index contributed by atoms with van der Waals surface area (Å²) < 4.78 is 5.40. The number of morpholine rings is 1. The van der Waals surface area contributed by atoms with Gasteiger partial charge in [0.1, 0.15) is 0 Å². The predicted octanol–water partition coefficient (Wildman–Crippen LogP) is 1.24. The Kier molecular flexibility index (Phi) is 4.42. The molecule has 3 heteroatoms. The van der Waals surface area contributed by atoms with Crippen LogP contribution in [-0.4, -0.2) is 49.8 Å². The standard InChI is InChI=1S/C12H24N2O/c1-2-13-11-3-5-12(6-4-11)14-7-9-15-10-8-14/h11-13H,2-10H2,1H3. The lowest BCUT2D eigenvalue weighted by Crippen LogP contribution is -2.47. The Morgan fingerprint density at radius 1 is 1.13 bits per heavy atom. The molecule has 1 heterocycles. The quantitative estimate of drug-likeness (QED) is 0.762. The molecule has 2 fully saturated rings. The van der Waals surface area contributed by atoms with Crippen molar-refractivity contribution in [3.63, 3.8) is 0 Å². The summed E-state index contributed by atoms with van der Waals surface area (Å²) in [5.74, 6) is 0. The van der Waals surface area contributed by atoms with E-state index in [1.54, 1.807) is 0 Å². The third-order valence-corrected chi connectivity index (χ3v) is 3.75. The lowest BCUT2D eigenvalue weighted by atomic mass is 9.90. The van der Waals surface area contributed by atoms with E-state index in [4.69, 9.17) is 4.74 Å². The molecule has 1 aliphatic heterocycles. The van der Waals surface area contributed by atoms with Crippen LogP contribution in [0.1, 0.15) is 32.6 Å². The van der Waals surface area contributed by atoms with Crippen molar-refractivity contribution in [2.45, 2.75) is 44.7 Å². The molecule has 3 nitrogen and oxygen atoms in total. The molecule has 0 radical (unpaired) electrons. The number of rotatable bonds is 3. The van der Waals surface area contributed by atoms with Gasteiger partial charge in [-0.15, -0.1) is 0 Å². The van der Waals surface area contributed by atoms with Crippen LogP contribution >= 0.6 is 0 Å². The Labute approximate surface area is 93.2 Å². The van der Waals surface area contributed by atoms with Crippen LogP contribution in [0.15, 0.2) is 0 Å². The number of nitrogens with zero attached hydrogens (tertiary/aromatic N) is 1. The van der Waals surface area contributed by atoms with E-state index in [2.05, 4.69) is 17.1 Å². The van der Waals surface area contributed by atoms with Crippen LogP contribution in [0.5, 0.6) is 0 Å². The number of nitrogens with one attached hydrogen (secondary N) is 1. The van der Waals surface area contributed by atoms with Crippen molar-refractivity contribution in [2.75, 3.05) is 32.8 Å². The summed E-state index contributed by atoms with van der Waals surface area (Å²) in [6.45, 7) is 7.49. The minimum absolute atomic E-state index is 0.785. The maximum atomic E-state index is 5.40. The van der Waals surface area contributed by atoms with E-state index in [0.29, 0.717) is 0 Å². The molecular weight excluding hydrogens is 188 g/mol. The molecule has 88 valence electrons. The zero-order valence-electron chi connectivity index (χ0n) is 9.87. The summed E-state index contributed by atoms with van der Waals surface area (Å²) in [6, 6.07) is 1.62. The van der Waals surface area contributed by atoms with Crippen LogP contribution in [-0.2, 0) is 4.74 Å². The van der Waals surface area contributed by atoms with Crippen LogP contribution in [0.2, 0.25) is 0 Å². The van der Waals surface area contributed by atoms with Gasteiger partial charge in [-0.1, -0.05) is 6.92 Å². The fourth-order valence-corrected chi connectivity index (χ4v) is 2.88. The van der Waals surface area contributed by atoms with E-state index < -0.39 is 0 Å². The first-order chi connectivity index (χ1) is 7.40. The van der Waals surface area contributed by atoms with Crippen LogP contribution in [0, 0.1) is 0 Å². The molecule has 0 unspecified atom stereocenters. The minimum Gasteiger partial charge on any atom is -0.379 e. The number of hydrogen-bond acceptors (Lipinski definition) is 3. The minimum atomic E-state index is 0.785. The molecule has 0 bridgehead atoms. The maximum absolute atomic E-state index is 5.40. The first kappa shape index (κ1) is 11.4. The van der Waals surface area contributed by atoms with Gasteiger partial charge in [-0.2, -0.15) is 0 Å². The number of hydrogen-bond donors (Lipinski definition) is 1. The average Bonchev–Trinajstić information content (AvgIpc) is 2.32. The lowest BCUT2D eigenvalue weighted by Gasteiger charge is -2.38. The Hall–Kier alpha value is -0.120. The molecule has 15 heavy (non-hydrogen) atoms. The van der Waals surface area contributed by atoms with E-state index in [1.165, 1.54) is 25.7 Å². The Balaban J connectivity index is 1.72. The van der Waals surface area contributed by atoms with Crippen molar-refractivity contribution in [2.24, 2.45) is 0 Å². The van der Waals surface area contributed by atoms with Gasteiger partial charge in [-0.25, -0.2) is 0 Å². The molecule has 0 atom stereocenters. The molecule has 2 rings (SSSR count). The summed E-state index contributed by atoms with van der Waals surface area (Å²) in [5.41, 5.74) is 0. The molecule has 0 amide bonds. The first-order valence-corrected chi connectivity index (χ1v) is 6.45. The average molecular weight is 212 g/mol. The number of ether oxygens (including phenoxy) is 1. The third kappa shape index (κ3) is 3.16. The Bertz CT molecular complexity index is 172. The second-order valence-electron chi connectivity index (χ2n) is 4.71. The highest BCUT2D eigenvalue weighted by atomic mass is 16.5. The van der Waals surface area contributed by atoms with Crippen LogP contribution in [0.25, 0.3) is 0 Å². The van der Waals surface area contributed by atoms with Crippen molar-refractivity contribution in [3.8, 4) is 0 Å². The maximum Gasteiger partial charge on any atom is 0.0594 e. The molecule has 0 aromatic rings. The monoisotopic (exact) mass is 212 g/mol. The van der Waals surface area contributed by atoms with Gasteiger partial charge in [-0.3, -0.25) is 4.90 Å². The molecule has 1 saturated carbocycles. The predicted molar refractivity (Wildman–Crippen MR) is 62.1 cm³/mol. The van der Waals surface area contributed by atoms with E-state index in [-0.39, 0.29) is 0 Å². The Morgan fingerprint density at radius 3 is 2.40 bits per heavy atom. The van der Waals surface area contributed by atoms with Gasteiger partial charge in [0, 0.05) is 25.2 Å². The molecule has 1 aliphatic carbocycles. The second kappa shape index (κ2) is 5.83. The SMILES string of the molecule is CCNC1CCC(N2CCOCC2)CC1. The Morgan fingerprint density at radius 2 is 1.80 bits per heavy atom. The zero-order valence-corrected chi connectivity index (χ0v) is 9.87. The van der Waals surface area contributed by atoms with Crippen molar-refractivity contribution in [1.29, 1.82) is 0 Å². The van der Waals surface area contributed by atoms with E-state index in [1.807, 2.05) is 0 Å². The van der Waals surface area contributed by atoms with Gasteiger partial charge in [0.05, 0.1) is 13.2 Å². The van der Waals surface area contributed by atoms with Gasteiger partial charge in [-0.05, 0) is 32.2 Å². The molecule has 2 aliphatic rings. The molecule has 0 aromatic heterocycles. The largest absolute Gasteiger partial charge is 0.379 e. The highest BCUT2D eigenvalue weighted by Gasteiger charge is 2.26. The summed E-state index contributed by atoms with van der Waals surface area (Å²) in [7, 11) is 0. The molecule has 0 spiro atoms. The third-order valence-electron chi connectivity index (χ3n) is 3.75. The van der Waals surface area contributed by atoms with Gasteiger partial charge in [0.2, 0.25) is 0 Å². The molecule has 1 saturated heterocycles. The van der Waals surface area contributed by atoms with E-state index >= 15 is 0 Å². The van der Waals surface area contributed by atoms with Crippen molar-refractivity contribution in [3.05, 3.63) is 0 Å². The van der Waals surface area contributed by atoms with Gasteiger partial charge in [0.15, 0.2) is 0 Å². The zero-order chi connectivity index (χ0) is 10.5. The fourth-order valence-electron chi connectivity index (χ4n) is 2.88. The first-order valence-electron chi connectivity index (χ1n) is 6.45. The summed E-state index contributed by atoms with van der Waals surface area (Å²) in [6.07, 6.45) is 5.46. The molecular formula is C12H24N2O. The summed E-state index contributed by atoms with van der Waals surface area (Å²) in [4.78, 5) is 2.63. The molecule has 0 aromatic carbocycles. The summed E-state index contributed by atoms with van der Waals surface area (Å²) >= 11 is 0. The lowest BCUT2D eigenvalue weighted by molar-refractivity contribution is 0.00662. The highest BCUT2D eigenvalue weighted by molar-refractivity contribution is 4.83. The van der Waals surface area contributed by atoms with E-state index in [9.17, 15) is 0 Å². The topological polar surface area (TPSA) is 24.5 Å². The van der Waals surface area contributed by atoms with Crippen LogP contribution < -0.4 is 5.32 Å². The van der Waals surface area contributed by atoms with Crippen LogP contribution in [0.3, 0.4) is 0 Å². The smallest absolute Gasteiger partial charge is 0.0594 e. The van der Waals surface area contributed by atoms with Crippen molar-refractivity contribution >= 4 is 0 Å². The summed E-state index contributed by atoms with van der Waals surface area (Å²) in [5, 5.41) is 3.56. The van der Waals surface area contributed by atoms with E-state index in [0.717, 1.165) is 44.9 Å². The van der Waals surface area contributed by atoms with Crippen molar-refractivity contribution < 1.29 is 4.74 Å². The normalized spacial score (nSPS) is 34.2. The van der Waals surface area contributed by atoms with Gasteiger partial charge >= 0.3 is 0 Å². The van der Waals surface area contributed by atoms with Crippen LogP contribution in [0.4, 0.5) is 0 Å². The van der Waals surface area contributed by atoms with Gasteiger partial charge < -0.3 is 10.1 Å². The highest BCUT2D eigenvalue weighted by Crippen LogP contribution is 2.23.